The van der Waals surface area contributed by atoms with Crippen LogP contribution in [0.15, 0.2) is 24.3 Å². The fourth-order valence-corrected chi connectivity index (χ4v) is 1.31. The molecule has 1 radical (unpaired) electrons. The summed E-state index contributed by atoms with van der Waals surface area (Å²) in [6, 6.07) is 6.32. The predicted molar refractivity (Wildman–Crippen MR) is 43.6 cm³/mol. The van der Waals surface area contributed by atoms with Gasteiger partial charge >= 0.3 is 0 Å². The Kier molecular flexibility index (Phi) is 1.13. The van der Waals surface area contributed by atoms with Crippen LogP contribution in [0.3, 0.4) is 0 Å². The van der Waals surface area contributed by atoms with Gasteiger partial charge in [-0.25, -0.2) is 0 Å². The van der Waals surface area contributed by atoms with Crippen molar-refractivity contribution in [3.8, 4) is 0 Å². The van der Waals surface area contributed by atoms with E-state index in [4.69, 9.17) is 0 Å². The monoisotopic (exact) mass is 129 g/mol. The molecule has 0 heteroatoms. The van der Waals surface area contributed by atoms with Crippen LogP contribution in [0.4, 0.5) is 0 Å². The number of fused-ring (bicyclic) bond motifs is 1. The Labute approximate surface area is 61.2 Å². The van der Waals surface area contributed by atoms with Gasteiger partial charge < -0.3 is 0 Å². The van der Waals surface area contributed by atoms with Gasteiger partial charge in [0, 0.05) is 0 Å². The largest absolute Gasteiger partial charge is 0.0795 e. The summed E-state index contributed by atoms with van der Waals surface area (Å²) in [5.74, 6) is 0. The lowest BCUT2D eigenvalue weighted by molar-refractivity contribution is 1.30. The van der Waals surface area contributed by atoms with E-state index in [2.05, 4.69) is 37.3 Å². The first-order valence-corrected chi connectivity index (χ1v) is 3.48. The van der Waals surface area contributed by atoms with Crippen molar-refractivity contribution in [2.24, 2.45) is 0 Å². The van der Waals surface area contributed by atoms with Gasteiger partial charge in [0.15, 0.2) is 0 Å². The van der Waals surface area contributed by atoms with Crippen molar-refractivity contribution in [3.05, 3.63) is 47.9 Å². The standard InChI is InChI=1S/C10H9/c1-8-5-6-9-3-2-4-10(9)7-8/h2-3,5-7H,1,4H2. The molecule has 0 heterocycles. The number of allylic oxidation sites excluding steroid dienone is 1. The molecule has 10 heavy (non-hydrogen) atoms. The normalized spacial score (nSPS) is 13.7. The molecular weight excluding hydrogens is 120 g/mol. The van der Waals surface area contributed by atoms with Crippen molar-refractivity contribution in [3.63, 3.8) is 0 Å². The van der Waals surface area contributed by atoms with Gasteiger partial charge in [0.1, 0.15) is 0 Å². The van der Waals surface area contributed by atoms with E-state index < -0.39 is 0 Å². The van der Waals surface area contributed by atoms with Gasteiger partial charge in [0.2, 0.25) is 0 Å². The SMILES string of the molecule is [CH2]c1ccc2c(c1)CC=C2. The number of hydrogen-bond donors (Lipinski definition) is 0. The highest BCUT2D eigenvalue weighted by molar-refractivity contribution is 5.60. The van der Waals surface area contributed by atoms with Crippen LogP contribution >= 0.6 is 0 Å². The molecule has 1 aliphatic carbocycles. The van der Waals surface area contributed by atoms with E-state index in [1.54, 1.807) is 0 Å². The van der Waals surface area contributed by atoms with Crippen LogP contribution in [-0.2, 0) is 6.42 Å². The molecule has 2 rings (SSSR count). The minimum atomic E-state index is 1.08. The molecule has 0 amide bonds. The van der Waals surface area contributed by atoms with Gasteiger partial charge in [-0.2, -0.15) is 0 Å². The maximum atomic E-state index is 3.87. The van der Waals surface area contributed by atoms with Crippen LogP contribution in [-0.4, -0.2) is 0 Å². The lowest BCUT2D eigenvalue weighted by Gasteiger charge is -1.97. The molecule has 1 aromatic rings. The Bertz CT molecular complexity index is 282. The summed E-state index contributed by atoms with van der Waals surface area (Å²) in [4.78, 5) is 0. The van der Waals surface area contributed by atoms with E-state index in [9.17, 15) is 0 Å². The van der Waals surface area contributed by atoms with Gasteiger partial charge in [0.05, 0.1) is 0 Å². The average molecular weight is 129 g/mol. The smallest absolute Gasteiger partial charge is 0.00881 e. The molecule has 0 unspecified atom stereocenters. The van der Waals surface area contributed by atoms with Crippen LogP contribution in [0.1, 0.15) is 16.7 Å². The van der Waals surface area contributed by atoms with E-state index in [0.29, 0.717) is 0 Å². The molecule has 0 spiro atoms. The average Bonchev–Trinajstić information content (AvgIpc) is 2.33. The Hall–Kier alpha value is -1.04. The van der Waals surface area contributed by atoms with Crippen molar-refractivity contribution in [2.45, 2.75) is 6.42 Å². The van der Waals surface area contributed by atoms with Crippen LogP contribution in [0.25, 0.3) is 6.08 Å². The number of rotatable bonds is 0. The maximum Gasteiger partial charge on any atom is -0.00881 e. The van der Waals surface area contributed by atoms with E-state index in [0.717, 1.165) is 12.0 Å². The van der Waals surface area contributed by atoms with Crippen molar-refractivity contribution in [1.29, 1.82) is 0 Å². The molecule has 1 aliphatic rings. The highest BCUT2D eigenvalue weighted by atomic mass is 14.1. The second-order valence-corrected chi connectivity index (χ2v) is 2.64. The Morgan fingerprint density at radius 2 is 2.20 bits per heavy atom. The first-order valence-electron chi connectivity index (χ1n) is 3.48. The first-order chi connectivity index (χ1) is 4.86. The fraction of sp³-hybridized carbons (Fsp3) is 0.100. The molecule has 0 saturated heterocycles. The zero-order valence-electron chi connectivity index (χ0n) is 5.80. The highest BCUT2D eigenvalue weighted by Crippen LogP contribution is 2.19. The molecule has 0 aromatic heterocycles. The lowest BCUT2D eigenvalue weighted by atomic mass is 10.1. The number of hydrogen-bond acceptors (Lipinski definition) is 0. The molecule has 0 atom stereocenters. The van der Waals surface area contributed by atoms with E-state index in [1.807, 2.05) is 0 Å². The van der Waals surface area contributed by atoms with E-state index in [-0.39, 0.29) is 0 Å². The Balaban J connectivity index is 2.59. The molecule has 0 nitrogen and oxygen atoms in total. The van der Waals surface area contributed by atoms with Crippen molar-refractivity contribution in [2.75, 3.05) is 0 Å². The van der Waals surface area contributed by atoms with Crippen LogP contribution in [0.2, 0.25) is 0 Å². The summed E-state index contributed by atoms with van der Waals surface area (Å²) in [6.07, 6.45) is 5.43. The summed E-state index contributed by atoms with van der Waals surface area (Å²) in [5, 5.41) is 0. The van der Waals surface area contributed by atoms with Gasteiger partial charge in [-0.05, 0) is 30.0 Å². The number of benzene rings is 1. The molecule has 1 aromatic carbocycles. The molecular formula is C10H9. The van der Waals surface area contributed by atoms with E-state index in [1.165, 1.54) is 11.1 Å². The minimum Gasteiger partial charge on any atom is -0.0795 e. The molecule has 49 valence electrons. The van der Waals surface area contributed by atoms with E-state index >= 15 is 0 Å². The highest BCUT2D eigenvalue weighted by Gasteiger charge is 2.02. The fourth-order valence-electron chi connectivity index (χ4n) is 1.31. The van der Waals surface area contributed by atoms with Gasteiger partial charge in [-0.3, -0.25) is 0 Å². The summed E-state index contributed by atoms with van der Waals surface area (Å²) in [7, 11) is 0. The van der Waals surface area contributed by atoms with Crippen LogP contribution in [0.5, 0.6) is 0 Å². The second kappa shape index (κ2) is 1.98. The minimum absolute atomic E-state index is 1.08. The molecule has 0 saturated carbocycles. The van der Waals surface area contributed by atoms with Gasteiger partial charge in [-0.15, -0.1) is 0 Å². The summed E-state index contributed by atoms with van der Waals surface area (Å²) in [5.41, 5.74) is 3.88. The van der Waals surface area contributed by atoms with Crippen molar-refractivity contribution < 1.29 is 0 Å². The first kappa shape index (κ1) is 5.72. The van der Waals surface area contributed by atoms with Gasteiger partial charge in [0.25, 0.3) is 0 Å². The Morgan fingerprint density at radius 1 is 1.30 bits per heavy atom. The van der Waals surface area contributed by atoms with Crippen LogP contribution in [0, 0.1) is 6.92 Å². The third-order valence-corrected chi connectivity index (χ3v) is 1.84. The molecule has 0 N–H and O–H groups in total. The van der Waals surface area contributed by atoms with Gasteiger partial charge in [-0.1, -0.05) is 30.4 Å². The van der Waals surface area contributed by atoms with Crippen LogP contribution < -0.4 is 0 Å². The Morgan fingerprint density at radius 3 is 3.10 bits per heavy atom. The predicted octanol–water partition coefficient (Wildman–Crippen LogP) is 2.44. The molecule has 0 aliphatic heterocycles. The lowest BCUT2D eigenvalue weighted by Crippen LogP contribution is -1.81. The second-order valence-electron chi connectivity index (χ2n) is 2.64. The van der Waals surface area contributed by atoms with Crippen molar-refractivity contribution >= 4 is 6.08 Å². The zero-order valence-corrected chi connectivity index (χ0v) is 5.80. The summed E-state index contributed by atoms with van der Waals surface area (Å²) >= 11 is 0. The molecule has 0 bridgehead atoms. The third kappa shape index (κ3) is 0.766. The summed E-state index contributed by atoms with van der Waals surface area (Å²) < 4.78 is 0. The van der Waals surface area contributed by atoms with Crippen molar-refractivity contribution in [1.82, 2.24) is 0 Å². The maximum absolute atomic E-state index is 3.87. The summed E-state index contributed by atoms with van der Waals surface area (Å²) in [6.45, 7) is 3.87. The zero-order chi connectivity index (χ0) is 6.97. The quantitative estimate of drug-likeness (QED) is 0.504. The molecule has 0 fully saturated rings. The third-order valence-electron chi connectivity index (χ3n) is 1.84. The topological polar surface area (TPSA) is 0 Å².